The second-order valence-corrected chi connectivity index (χ2v) is 4.18. The van der Waals surface area contributed by atoms with E-state index in [0.717, 1.165) is 21.0 Å². The molecule has 0 aromatic heterocycles. The van der Waals surface area contributed by atoms with Crippen molar-refractivity contribution in [3.05, 3.63) is 41.3 Å². The van der Waals surface area contributed by atoms with Crippen molar-refractivity contribution in [2.24, 2.45) is 0 Å². The molecule has 2 rings (SSSR count). The highest BCUT2D eigenvalue weighted by Crippen LogP contribution is 2.06. The summed E-state index contributed by atoms with van der Waals surface area (Å²) in [6.45, 7) is 13.7. The Morgan fingerprint density at radius 1 is 1.22 bits per heavy atom. The lowest BCUT2D eigenvalue weighted by atomic mass is 10.2. The van der Waals surface area contributed by atoms with E-state index in [2.05, 4.69) is 11.3 Å². The minimum absolute atomic E-state index is 0.843. The van der Waals surface area contributed by atoms with Gasteiger partial charge >= 0.3 is 0 Å². The maximum Gasteiger partial charge on any atom is 0.151 e. The molecule has 0 saturated carbocycles. The molecule has 0 amide bonds. The molecule has 1 atom stereocenters. The van der Waals surface area contributed by atoms with Crippen LogP contribution in [0, 0.1) is 0 Å². The van der Waals surface area contributed by atoms with Gasteiger partial charge in [-0.15, -0.1) is 0 Å². The molecule has 1 N–H and O–H groups in total. The van der Waals surface area contributed by atoms with Gasteiger partial charge in [-0.3, -0.25) is 0 Å². The molecule has 1 aromatic rings. The lowest BCUT2D eigenvalue weighted by molar-refractivity contribution is 0.681. The summed E-state index contributed by atoms with van der Waals surface area (Å²) in [4.78, 5) is 0.843. The van der Waals surface area contributed by atoms with Crippen LogP contribution >= 0.6 is 0 Å². The molecular weight excluding hydrogens is 242 g/mol. The Kier molecular flexibility index (Phi) is 8.05. The topological polar surface area (TPSA) is 29.1 Å². The SMILES string of the molecule is C=CC1=c2c(ccc/c2=C/C)S(=O)N1.CC.CC. The first-order valence-electron chi connectivity index (χ1n) is 6.38. The first-order chi connectivity index (χ1) is 8.77. The Bertz CT molecular complexity index is 532. The summed E-state index contributed by atoms with van der Waals surface area (Å²) in [6, 6.07) is 5.80. The summed E-state index contributed by atoms with van der Waals surface area (Å²) in [5.74, 6) is 0. The molecule has 3 heteroatoms. The van der Waals surface area contributed by atoms with E-state index in [1.54, 1.807) is 6.08 Å². The molecule has 0 saturated heterocycles. The molecule has 0 radical (unpaired) electrons. The van der Waals surface area contributed by atoms with Gasteiger partial charge in [0.2, 0.25) is 0 Å². The van der Waals surface area contributed by atoms with E-state index < -0.39 is 11.0 Å². The van der Waals surface area contributed by atoms with Crippen LogP contribution in [0.5, 0.6) is 0 Å². The molecule has 1 aromatic carbocycles. The summed E-state index contributed by atoms with van der Waals surface area (Å²) in [6.07, 6.45) is 3.71. The highest BCUT2D eigenvalue weighted by atomic mass is 32.2. The number of benzene rings is 1. The number of rotatable bonds is 1. The second-order valence-electron chi connectivity index (χ2n) is 3.00. The summed E-state index contributed by atoms with van der Waals surface area (Å²) >= 11 is 0. The zero-order valence-electron chi connectivity index (χ0n) is 11.9. The minimum Gasteiger partial charge on any atom is -0.300 e. The van der Waals surface area contributed by atoms with Gasteiger partial charge in [-0.1, -0.05) is 52.5 Å². The maximum atomic E-state index is 11.6. The molecule has 1 aliphatic rings. The van der Waals surface area contributed by atoms with Crippen LogP contribution in [0.25, 0.3) is 11.8 Å². The Hall–Kier alpha value is -1.35. The van der Waals surface area contributed by atoms with Gasteiger partial charge in [-0.2, -0.15) is 0 Å². The smallest absolute Gasteiger partial charge is 0.151 e. The third-order valence-electron chi connectivity index (χ3n) is 2.25. The first kappa shape index (κ1) is 16.6. The van der Waals surface area contributed by atoms with Crippen molar-refractivity contribution in [1.29, 1.82) is 0 Å². The van der Waals surface area contributed by atoms with Gasteiger partial charge in [0.15, 0.2) is 11.0 Å². The van der Waals surface area contributed by atoms with Crippen LogP contribution in [0.4, 0.5) is 0 Å². The van der Waals surface area contributed by atoms with Crippen LogP contribution in [0.15, 0.2) is 35.7 Å². The molecule has 1 unspecified atom stereocenters. The molecule has 0 aliphatic carbocycles. The van der Waals surface area contributed by atoms with Crippen molar-refractivity contribution >= 4 is 22.8 Å². The van der Waals surface area contributed by atoms with Crippen LogP contribution in [0.3, 0.4) is 0 Å². The van der Waals surface area contributed by atoms with Crippen LogP contribution in [0.1, 0.15) is 34.6 Å². The van der Waals surface area contributed by atoms with E-state index >= 15 is 0 Å². The van der Waals surface area contributed by atoms with Gasteiger partial charge in [0, 0.05) is 5.22 Å². The molecular formula is C15H23NOS. The lowest BCUT2D eigenvalue weighted by Crippen LogP contribution is -2.26. The molecule has 1 heterocycles. The normalized spacial score (nSPS) is 16.6. The van der Waals surface area contributed by atoms with Gasteiger partial charge in [0.1, 0.15) is 0 Å². The molecule has 100 valence electrons. The van der Waals surface area contributed by atoms with Gasteiger partial charge in [-0.05, 0) is 24.3 Å². The lowest BCUT2D eigenvalue weighted by Gasteiger charge is -1.92. The summed E-state index contributed by atoms with van der Waals surface area (Å²) in [7, 11) is -1.12. The molecule has 0 spiro atoms. The van der Waals surface area contributed by atoms with E-state index in [9.17, 15) is 4.21 Å². The highest BCUT2D eigenvalue weighted by Gasteiger charge is 2.15. The van der Waals surface area contributed by atoms with Gasteiger partial charge in [0.25, 0.3) is 0 Å². The van der Waals surface area contributed by atoms with Gasteiger partial charge in [-0.25, -0.2) is 4.21 Å². The zero-order chi connectivity index (χ0) is 14.1. The number of hydrogen-bond donors (Lipinski definition) is 1. The van der Waals surface area contributed by atoms with Crippen molar-refractivity contribution in [2.75, 3.05) is 0 Å². The monoisotopic (exact) mass is 265 g/mol. The third-order valence-corrected chi connectivity index (χ3v) is 3.39. The number of nitrogens with one attached hydrogen (secondary N) is 1. The summed E-state index contributed by atoms with van der Waals surface area (Å²) < 4.78 is 14.5. The fourth-order valence-electron chi connectivity index (χ4n) is 1.58. The van der Waals surface area contributed by atoms with Crippen molar-refractivity contribution < 1.29 is 4.21 Å². The van der Waals surface area contributed by atoms with Crippen LogP contribution in [-0.2, 0) is 11.0 Å². The molecule has 1 aliphatic heterocycles. The second kappa shape index (κ2) is 8.70. The Morgan fingerprint density at radius 3 is 2.33 bits per heavy atom. The highest BCUT2D eigenvalue weighted by molar-refractivity contribution is 7.83. The number of hydrogen-bond acceptors (Lipinski definition) is 1. The first-order valence-corrected chi connectivity index (χ1v) is 7.53. The van der Waals surface area contributed by atoms with E-state index in [1.807, 2.05) is 58.9 Å². The minimum atomic E-state index is -1.12. The van der Waals surface area contributed by atoms with Crippen LogP contribution < -0.4 is 15.2 Å². The van der Waals surface area contributed by atoms with Crippen LogP contribution in [-0.4, -0.2) is 4.21 Å². The predicted molar refractivity (Wildman–Crippen MR) is 81.7 cm³/mol. The van der Waals surface area contributed by atoms with Gasteiger partial charge < -0.3 is 4.72 Å². The van der Waals surface area contributed by atoms with Crippen molar-refractivity contribution in [3.8, 4) is 0 Å². The summed E-state index contributed by atoms with van der Waals surface area (Å²) in [5, 5.41) is 2.11. The largest absolute Gasteiger partial charge is 0.300 e. The van der Waals surface area contributed by atoms with Gasteiger partial charge in [0.05, 0.1) is 10.6 Å². The van der Waals surface area contributed by atoms with E-state index in [1.165, 1.54) is 0 Å². The van der Waals surface area contributed by atoms with E-state index in [0.29, 0.717) is 0 Å². The average molecular weight is 265 g/mol. The van der Waals surface area contributed by atoms with Crippen molar-refractivity contribution in [3.63, 3.8) is 0 Å². The van der Waals surface area contributed by atoms with Crippen molar-refractivity contribution in [2.45, 2.75) is 39.5 Å². The maximum absolute atomic E-state index is 11.6. The summed E-state index contributed by atoms with van der Waals surface area (Å²) in [5.41, 5.74) is 0.854. The average Bonchev–Trinajstić information content (AvgIpc) is 2.80. The fraction of sp³-hybridized carbons (Fsp3) is 0.333. The van der Waals surface area contributed by atoms with Crippen molar-refractivity contribution in [1.82, 2.24) is 4.72 Å². The van der Waals surface area contributed by atoms with E-state index in [4.69, 9.17) is 0 Å². The Balaban J connectivity index is 0.000000659. The quantitative estimate of drug-likeness (QED) is 0.830. The Morgan fingerprint density at radius 2 is 1.83 bits per heavy atom. The molecule has 2 nitrogen and oxygen atoms in total. The van der Waals surface area contributed by atoms with Crippen LogP contribution in [0.2, 0.25) is 0 Å². The standard InChI is InChI=1S/C11H11NOS.2C2H6/c1-3-8-6-5-7-10-11(8)9(4-2)12-14(10)13;2*1-2/h3-7,12H,2H2,1H3;2*1-2H3/b8-3-;;. The molecule has 0 fully saturated rings. The number of fused-ring (bicyclic) bond motifs is 1. The molecule has 18 heavy (non-hydrogen) atoms. The zero-order valence-corrected chi connectivity index (χ0v) is 12.7. The third kappa shape index (κ3) is 3.33. The predicted octanol–water partition coefficient (Wildman–Crippen LogP) is 2.46. The van der Waals surface area contributed by atoms with E-state index in [-0.39, 0.29) is 0 Å². The fourth-order valence-corrected chi connectivity index (χ4v) is 2.69. The Labute approximate surface area is 113 Å². The molecule has 0 bridgehead atoms.